The van der Waals surface area contributed by atoms with Crippen LogP contribution in [0.1, 0.15) is 11.6 Å². The molecule has 20 heavy (non-hydrogen) atoms. The van der Waals surface area contributed by atoms with E-state index < -0.39 is 11.9 Å². The predicted molar refractivity (Wildman–Crippen MR) is 86.2 cm³/mol. The number of carbonyl (C=O) groups excluding carboxylic acids is 1. The van der Waals surface area contributed by atoms with Gasteiger partial charge in [0.05, 0.1) is 0 Å². The molecule has 0 aromatic heterocycles. The minimum absolute atomic E-state index is 0.392. The average Bonchev–Trinajstić information content (AvgIpc) is 2.37. The molecule has 0 radical (unpaired) electrons. The molecule has 0 saturated heterocycles. The average molecular weight is 374 g/mol. The monoisotopic (exact) mass is 372 g/mol. The standard InChI is InChI=1S/C14H11BrCl2N2O/c15-8-3-1-4-9(7-8)19-13(14(18)20)12-10(16)5-2-6-11(12)17/h1-7,13,19H,(H2,18,20). The quantitative estimate of drug-likeness (QED) is 0.834. The van der Waals surface area contributed by atoms with E-state index in [2.05, 4.69) is 21.2 Å². The van der Waals surface area contributed by atoms with E-state index >= 15 is 0 Å². The highest BCUT2D eigenvalue weighted by atomic mass is 79.9. The summed E-state index contributed by atoms with van der Waals surface area (Å²) in [6.07, 6.45) is 0. The third-order valence-electron chi connectivity index (χ3n) is 2.71. The molecule has 3 N–H and O–H groups in total. The fourth-order valence-electron chi connectivity index (χ4n) is 1.82. The van der Waals surface area contributed by atoms with Crippen molar-refractivity contribution >= 4 is 50.7 Å². The number of amides is 1. The van der Waals surface area contributed by atoms with E-state index in [9.17, 15) is 4.79 Å². The zero-order valence-electron chi connectivity index (χ0n) is 10.2. The molecule has 0 saturated carbocycles. The SMILES string of the molecule is NC(=O)C(Nc1cccc(Br)c1)c1c(Cl)cccc1Cl. The summed E-state index contributed by atoms with van der Waals surface area (Å²) in [5.41, 5.74) is 6.67. The molecule has 1 amide bonds. The van der Waals surface area contributed by atoms with Gasteiger partial charge < -0.3 is 11.1 Å². The van der Waals surface area contributed by atoms with E-state index in [1.165, 1.54) is 0 Å². The van der Waals surface area contributed by atoms with Crippen LogP contribution in [0.2, 0.25) is 10.0 Å². The smallest absolute Gasteiger partial charge is 0.244 e. The Bertz CT molecular complexity index is 629. The number of hydrogen-bond donors (Lipinski definition) is 2. The van der Waals surface area contributed by atoms with E-state index in [4.69, 9.17) is 28.9 Å². The van der Waals surface area contributed by atoms with Gasteiger partial charge in [0, 0.05) is 25.8 Å². The number of primary amides is 1. The topological polar surface area (TPSA) is 55.1 Å². The van der Waals surface area contributed by atoms with Crippen molar-refractivity contribution in [3.05, 3.63) is 62.5 Å². The first-order valence-electron chi connectivity index (χ1n) is 5.74. The number of carbonyl (C=O) groups is 1. The molecule has 1 unspecified atom stereocenters. The van der Waals surface area contributed by atoms with Crippen molar-refractivity contribution < 1.29 is 4.79 Å². The molecule has 0 fully saturated rings. The Labute approximate surface area is 135 Å². The van der Waals surface area contributed by atoms with E-state index in [1.807, 2.05) is 24.3 Å². The zero-order valence-corrected chi connectivity index (χ0v) is 13.3. The fourth-order valence-corrected chi connectivity index (χ4v) is 2.83. The van der Waals surface area contributed by atoms with Gasteiger partial charge in [-0.1, -0.05) is 51.3 Å². The van der Waals surface area contributed by atoms with Crippen LogP contribution in [0.5, 0.6) is 0 Å². The van der Waals surface area contributed by atoms with Crippen molar-refractivity contribution in [1.29, 1.82) is 0 Å². The first-order chi connectivity index (χ1) is 9.49. The van der Waals surface area contributed by atoms with Gasteiger partial charge in [-0.05, 0) is 30.3 Å². The molecular formula is C14H11BrCl2N2O. The third kappa shape index (κ3) is 3.45. The summed E-state index contributed by atoms with van der Waals surface area (Å²) in [4.78, 5) is 11.7. The molecule has 104 valence electrons. The Balaban J connectivity index is 2.40. The summed E-state index contributed by atoms with van der Waals surface area (Å²) in [5.74, 6) is -0.556. The highest BCUT2D eigenvalue weighted by Crippen LogP contribution is 2.32. The fraction of sp³-hybridized carbons (Fsp3) is 0.0714. The summed E-state index contributed by atoms with van der Waals surface area (Å²) in [5, 5.41) is 3.83. The van der Waals surface area contributed by atoms with Crippen molar-refractivity contribution in [2.24, 2.45) is 5.73 Å². The van der Waals surface area contributed by atoms with Crippen molar-refractivity contribution in [2.75, 3.05) is 5.32 Å². The van der Waals surface area contributed by atoms with Crippen LogP contribution < -0.4 is 11.1 Å². The van der Waals surface area contributed by atoms with Crippen LogP contribution in [-0.2, 0) is 4.79 Å². The van der Waals surface area contributed by atoms with Gasteiger partial charge in [0.2, 0.25) is 5.91 Å². The van der Waals surface area contributed by atoms with Crippen LogP contribution in [0.3, 0.4) is 0 Å². The predicted octanol–water partition coefficient (Wildman–Crippen LogP) is 4.39. The van der Waals surface area contributed by atoms with Gasteiger partial charge in [0.1, 0.15) is 6.04 Å². The molecule has 6 heteroatoms. The molecular weight excluding hydrogens is 363 g/mol. The second kappa shape index (κ2) is 6.48. The minimum Gasteiger partial charge on any atom is -0.370 e. The first kappa shape index (κ1) is 15.2. The number of rotatable bonds is 4. The Morgan fingerprint density at radius 1 is 1.15 bits per heavy atom. The summed E-state index contributed by atoms with van der Waals surface area (Å²) >= 11 is 15.6. The van der Waals surface area contributed by atoms with E-state index in [0.717, 1.165) is 10.2 Å². The summed E-state index contributed by atoms with van der Waals surface area (Å²) in [7, 11) is 0. The molecule has 1 atom stereocenters. The molecule has 0 aliphatic heterocycles. The van der Waals surface area contributed by atoms with Crippen molar-refractivity contribution in [3.8, 4) is 0 Å². The molecule has 3 nitrogen and oxygen atoms in total. The van der Waals surface area contributed by atoms with Gasteiger partial charge in [-0.2, -0.15) is 0 Å². The summed E-state index contributed by atoms with van der Waals surface area (Å²) in [6.45, 7) is 0. The first-order valence-corrected chi connectivity index (χ1v) is 7.29. The van der Waals surface area contributed by atoms with Crippen LogP contribution in [0.15, 0.2) is 46.9 Å². The van der Waals surface area contributed by atoms with Gasteiger partial charge in [-0.3, -0.25) is 4.79 Å². The Morgan fingerprint density at radius 2 is 1.75 bits per heavy atom. The maximum atomic E-state index is 11.7. The van der Waals surface area contributed by atoms with Crippen molar-refractivity contribution in [2.45, 2.75) is 6.04 Å². The highest BCUT2D eigenvalue weighted by molar-refractivity contribution is 9.10. The van der Waals surface area contributed by atoms with Crippen molar-refractivity contribution in [3.63, 3.8) is 0 Å². The number of hydrogen-bond acceptors (Lipinski definition) is 2. The van der Waals surface area contributed by atoms with Crippen LogP contribution in [0.25, 0.3) is 0 Å². The van der Waals surface area contributed by atoms with E-state index in [-0.39, 0.29) is 0 Å². The third-order valence-corrected chi connectivity index (χ3v) is 3.86. The Kier molecular flexibility index (Phi) is 4.91. The van der Waals surface area contributed by atoms with Gasteiger partial charge >= 0.3 is 0 Å². The largest absolute Gasteiger partial charge is 0.370 e. The number of nitrogens with two attached hydrogens (primary N) is 1. The van der Waals surface area contributed by atoms with Gasteiger partial charge in [-0.25, -0.2) is 0 Å². The van der Waals surface area contributed by atoms with Crippen LogP contribution in [0, 0.1) is 0 Å². The Morgan fingerprint density at radius 3 is 2.30 bits per heavy atom. The number of nitrogens with one attached hydrogen (secondary N) is 1. The molecule has 0 aliphatic carbocycles. The molecule has 2 aromatic carbocycles. The molecule has 0 spiro atoms. The lowest BCUT2D eigenvalue weighted by Gasteiger charge is -2.19. The Hall–Kier alpha value is -1.23. The molecule has 2 aromatic rings. The summed E-state index contributed by atoms with van der Waals surface area (Å²) in [6, 6.07) is 11.6. The minimum atomic E-state index is -0.800. The maximum absolute atomic E-state index is 11.7. The molecule has 0 aliphatic rings. The number of benzene rings is 2. The molecule has 2 rings (SSSR count). The van der Waals surface area contributed by atoms with Gasteiger partial charge in [0.25, 0.3) is 0 Å². The van der Waals surface area contributed by atoms with Crippen molar-refractivity contribution in [1.82, 2.24) is 0 Å². The van der Waals surface area contributed by atoms with Crippen LogP contribution in [-0.4, -0.2) is 5.91 Å². The lowest BCUT2D eigenvalue weighted by Crippen LogP contribution is -2.28. The van der Waals surface area contributed by atoms with Gasteiger partial charge in [0.15, 0.2) is 0 Å². The lowest BCUT2D eigenvalue weighted by atomic mass is 10.1. The number of halogens is 3. The number of anilines is 1. The van der Waals surface area contributed by atoms with E-state index in [0.29, 0.717) is 15.6 Å². The second-order valence-electron chi connectivity index (χ2n) is 4.13. The van der Waals surface area contributed by atoms with Crippen LogP contribution >= 0.6 is 39.1 Å². The maximum Gasteiger partial charge on any atom is 0.244 e. The second-order valence-corrected chi connectivity index (χ2v) is 5.86. The zero-order chi connectivity index (χ0) is 14.7. The molecule has 0 bridgehead atoms. The van der Waals surface area contributed by atoms with Gasteiger partial charge in [-0.15, -0.1) is 0 Å². The molecule has 0 heterocycles. The van der Waals surface area contributed by atoms with Crippen LogP contribution in [0.4, 0.5) is 5.69 Å². The summed E-state index contributed by atoms with van der Waals surface area (Å²) < 4.78 is 0.885. The van der Waals surface area contributed by atoms with E-state index in [1.54, 1.807) is 18.2 Å². The normalized spacial score (nSPS) is 11.9. The lowest BCUT2D eigenvalue weighted by molar-refractivity contribution is -0.118. The highest BCUT2D eigenvalue weighted by Gasteiger charge is 2.23.